The van der Waals surface area contributed by atoms with Crippen LogP contribution >= 0.6 is 0 Å². The third-order valence-electron chi connectivity index (χ3n) is 6.26. The van der Waals surface area contributed by atoms with E-state index in [-0.39, 0.29) is 18.1 Å². The summed E-state index contributed by atoms with van der Waals surface area (Å²) < 4.78 is 3.42. The van der Waals surface area contributed by atoms with Crippen LogP contribution in [0.4, 0.5) is 5.82 Å². The highest BCUT2D eigenvalue weighted by atomic mass is 16.1. The van der Waals surface area contributed by atoms with Gasteiger partial charge in [0, 0.05) is 37.3 Å². The molecule has 166 valence electrons. The standard InChI is InChI=1S/C25H25N7O/c1-2-11-32-23-22(20(13-26)24(32)30-12-5-7-18(27)14-30)29-16-31(25(23)33)15-21-19-8-4-3-6-17(19)9-10-28-21/h2-4,6,8-10,16,18H,1,5,7,11-12,14-15,27H2/t18-/m0/s1. The number of rotatable bonds is 5. The van der Waals surface area contributed by atoms with Crippen molar-refractivity contribution in [3.05, 3.63) is 77.1 Å². The fraction of sp³-hybridized carbons (Fsp3) is 0.280. The van der Waals surface area contributed by atoms with Crippen molar-refractivity contribution in [2.75, 3.05) is 18.0 Å². The van der Waals surface area contributed by atoms with Crippen molar-refractivity contribution in [2.24, 2.45) is 5.73 Å². The molecule has 0 bridgehead atoms. The van der Waals surface area contributed by atoms with Gasteiger partial charge in [-0.15, -0.1) is 6.58 Å². The van der Waals surface area contributed by atoms with Crippen molar-refractivity contribution in [1.82, 2.24) is 19.1 Å². The van der Waals surface area contributed by atoms with Gasteiger partial charge in [-0.2, -0.15) is 5.26 Å². The molecule has 1 saturated heterocycles. The second kappa shape index (κ2) is 8.52. The summed E-state index contributed by atoms with van der Waals surface area (Å²) >= 11 is 0. The number of hydrogen-bond donors (Lipinski definition) is 1. The molecular formula is C25H25N7O. The van der Waals surface area contributed by atoms with Gasteiger partial charge in [0.25, 0.3) is 5.56 Å². The summed E-state index contributed by atoms with van der Waals surface area (Å²) in [5.41, 5.74) is 8.03. The number of nitrogens with zero attached hydrogens (tertiary/aromatic N) is 6. The van der Waals surface area contributed by atoms with Gasteiger partial charge in [-0.3, -0.25) is 14.3 Å². The van der Waals surface area contributed by atoms with Crippen molar-refractivity contribution in [2.45, 2.75) is 32.0 Å². The molecule has 0 spiro atoms. The molecule has 0 amide bonds. The molecule has 1 fully saturated rings. The van der Waals surface area contributed by atoms with Gasteiger partial charge in [0.2, 0.25) is 0 Å². The van der Waals surface area contributed by atoms with E-state index in [9.17, 15) is 10.1 Å². The molecule has 0 radical (unpaired) electrons. The fourth-order valence-corrected chi connectivity index (χ4v) is 4.77. The zero-order valence-corrected chi connectivity index (χ0v) is 18.3. The van der Waals surface area contributed by atoms with Gasteiger partial charge in [-0.25, -0.2) is 4.98 Å². The SMILES string of the molecule is C=CCn1c(N2CCC[C@H](N)C2)c(C#N)c2ncn(Cc3nccc4ccccc34)c(=O)c21. The highest BCUT2D eigenvalue weighted by Crippen LogP contribution is 2.31. The highest BCUT2D eigenvalue weighted by Gasteiger charge is 2.28. The number of hydrogen-bond acceptors (Lipinski definition) is 6. The predicted octanol–water partition coefficient (Wildman–Crippen LogP) is 2.78. The molecular weight excluding hydrogens is 414 g/mol. The van der Waals surface area contributed by atoms with Crippen LogP contribution in [0.15, 0.2) is 60.3 Å². The predicted molar refractivity (Wildman–Crippen MR) is 129 cm³/mol. The zero-order valence-electron chi connectivity index (χ0n) is 18.3. The van der Waals surface area contributed by atoms with Gasteiger partial charge < -0.3 is 15.2 Å². The number of allylic oxidation sites excluding steroid dienone is 1. The van der Waals surface area contributed by atoms with Crippen LogP contribution in [0, 0.1) is 11.3 Å². The molecule has 2 N–H and O–H groups in total. The van der Waals surface area contributed by atoms with Crippen LogP contribution in [-0.4, -0.2) is 38.2 Å². The van der Waals surface area contributed by atoms with E-state index in [1.54, 1.807) is 16.8 Å². The maximum absolute atomic E-state index is 13.7. The first-order valence-electron chi connectivity index (χ1n) is 11.1. The summed E-state index contributed by atoms with van der Waals surface area (Å²) in [7, 11) is 0. The van der Waals surface area contributed by atoms with Gasteiger partial charge in [-0.05, 0) is 24.3 Å². The minimum absolute atomic E-state index is 0.0301. The van der Waals surface area contributed by atoms with E-state index in [4.69, 9.17) is 5.73 Å². The van der Waals surface area contributed by atoms with E-state index < -0.39 is 0 Å². The largest absolute Gasteiger partial charge is 0.355 e. The Balaban J connectivity index is 1.68. The number of piperidine rings is 1. The van der Waals surface area contributed by atoms with Crippen molar-refractivity contribution >= 4 is 27.6 Å². The lowest BCUT2D eigenvalue weighted by atomic mass is 10.1. The van der Waals surface area contributed by atoms with Crippen LogP contribution in [0.2, 0.25) is 0 Å². The second-order valence-electron chi connectivity index (χ2n) is 8.41. The molecule has 3 aromatic heterocycles. The molecule has 0 unspecified atom stereocenters. The maximum Gasteiger partial charge on any atom is 0.278 e. The molecule has 0 saturated carbocycles. The number of fused-ring (bicyclic) bond motifs is 2. The maximum atomic E-state index is 13.7. The lowest BCUT2D eigenvalue weighted by Gasteiger charge is -2.33. The highest BCUT2D eigenvalue weighted by molar-refractivity contribution is 5.89. The number of anilines is 1. The molecule has 8 nitrogen and oxygen atoms in total. The van der Waals surface area contributed by atoms with E-state index in [0.717, 1.165) is 35.9 Å². The average molecular weight is 440 g/mol. The Kier molecular flexibility index (Phi) is 5.40. The monoisotopic (exact) mass is 439 g/mol. The quantitative estimate of drug-likeness (QED) is 0.479. The summed E-state index contributed by atoms with van der Waals surface area (Å²) in [6.45, 7) is 5.97. The normalized spacial score (nSPS) is 16.2. The zero-order chi connectivity index (χ0) is 22.9. The Morgan fingerprint density at radius 2 is 2.12 bits per heavy atom. The van der Waals surface area contributed by atoms with Gasteiger partial charge in [0.1, 0.15) is 28.5 Å². The van der Waals surface area contributed by atoms with E-state index in [1.807, 2.05) is 34.9 Å². The van der Waals surface area contributed by atoms with Gasteiger partial charge in [0.05, 0.1) is 18.6 Å². The lowest BCUT2D eigenvalue weighted by molar-refractivity contribution is 0.499. The summed E-state index contributed by atoms with van der Waals surface area (Å²) in [4.78, 5) is 24.9. The summed E-state index contributed by atoms with van der Waals surface area (Å²) in [6.07, 6.45) is 6.88. The molecule has 1 aliphatic heterocycles. The van der Waals surface area contributed by atoms with Gasteiger partial charge >= 0.3 is 0 Å². The molecule has 4 heterocycles. The first-order chi connectivity index (χ1) is 16.1. The number of aromatic nitrogens is 4. The first kappa shape index (κ1) is 20.9. The van der Waals surface area contributed by atoms with Gasteiger partial charge in [-0.1, -0.05) is 30.3 Å². The fourth-order valence-electron chi connectivity index (χ4n) is 4.77. The Hall–Kier alpha value is -3.96. The second-order valence-corrected chi connectivity index (χ2v) is 8.41. The molecule has 8 heteroatoms. The van der Waals surface area contributed by atoms with E-state index in [1.165, 1.54) is 6.33 Å². The third-order valence-corrected chi connectivity index (χ3v) is 6.26. The van der Waals surface area contributed by atoms with E-state index >= 15 is 0 Å². The van der Waals surface area contributed by atoms with Crippen LogP contribution in [0.1, 0.15) is 24.1 Å². The summed E-state index contributed by atoms with van der Waals surface area (Å²) in [5.74, 6) is 0.702. The molecule has 1 aliphatic rings. The van der Waals surface area contributed by atoms with E-state index in [2.05, 4.69) is 27.5 Å². The lowest BCUT2D eigenvalue weighted by Crippen LogP contribution is -2.44. The average Bonchev–Trinajstić information content (AvgIpc) is 3.15. The van der Waals surface area contributed by atoms with Crippen molar-refractivity contribution in [3.8, 4) is 6.07 Å². The number of pyridine rings is 1. The molecule has 1 aromatic carbocycles. The van der Waals surface area contributed by atoms with Crippen molar-refractivity contribution < 1.29 is 0 Å². The van der Waals surface area contributed by atoms with Crippen LogP contribution < -0.4 is 16.2 Å². The molecule has 4 aromatic rings. The number of nitrogens with two attached hydrogens (primary N) is 1. The summed E-state index contributed by atoms with van der Waals surface area (Å²) in [5, 5.41) is 12.1. The number of benzene rings is 1. The Labute approximate surface area is 191 Å². The Bertz CT molecular complexity index is 1450. The van der Waals surface area contributed by atoms with E-state index in [0.29, 0.717) is 35.5 Å². The van der Waals surface area contributed by atoms with Crippen LogP contribution in [-0.2, 0) is 13.1 Å². The van der Waals surface area contributed by atoms with Crippen LogP contribution in [0.25, 0.3) is 21.8 Å². The minimum Gasteiger partial charge on any atom is -0.355 e. The minimum atomic E-state index is -0.208. The van der Waals surface area contributed by atoms with Crippen LogP contribution in [0.3, 0.4) is 0 Å². The van der Waals surface area contributed by atoms with Crippen molar-refractivity contribution in [3.63, 3.8) is 0 Å². The third kappa shape index (κ3) is 3.56. The molecule has 33 heavy (non-hydrogen) atoms. The van der Waals surface area contributed by atoms with Gasteiger partial charge in [0.15, 0.2) is 0 Å². The Morgan fingerprint density at radius 3 is 2.91 bits per heavy atom. The van der Waals surface area contributed by atoms with Crippen molar-refractivity contribution in [1.29, 1.82) is 5.26 Å². The molecule has 0 aliphatic carbocycles. The Morgan fingerprint density at radius 1 is 1.27 bits per heavy atom. The first-order valence-corrected chi connectivity index (χ1v) is 11.1. The molecule has 1 atom stereocenters. The smallest absolute Gasteiger partial charge is 0.278 e. The summed E-state index contributed by atoms with van der Waals surface area (Å²) in [6, 6.07) is 12.2. The molecule has 5 rings (SSSR count). The van der Waals surface area contributed by atoms with Crippen LogP contribution in [0.5, 0.6) is 0 Å². The topological polar surface area (TPSA) is 106 Å². The number of nitriles is 1.